The minimum absolute atomic E-state index is 0.0132. The van der Waals surface area contributed by atoms with Crippen LogP contribution in [0.5, 0.6) is 11.8 Å². The molecule has 0 unspecified atom stereocenters. The van der Waals surface area contributed by atoms with Gasteiger partial charge in [-0.15, -0.1) is 0 Å². The van der Waals surface area contributed by atoms with Gasteiger partial charge >= 0.3 is 0 Å². The molecular formula is C22H28N4O5. The van der Waals surface area contributed by atoms with Crippen LogP contribution in [0, 0.1) is 5.92 Å². The molecule has 0 spiro atoms. The molecule has 9 heteroatoms. The molecule has 9 nitrogen and oxygen atoms in total. The van der Waals surface area contributed by atoms with Crippen LogP contribution in [0.2, 0.25) is 0 Å². The van der Waals surface area contributed by atoms with Crippen LogP contribution in [0.15, 0.2) is 30.3 Å². The average molecular weight is 428 g/mol. The van der Waals surface area contributed by atoms with Crippen LogP contribution in [0.1, 0.15) is 23.1 Å². The summed E-state index contributed by atoms with van der Waals surface area (Å²) in [5, 5.41) is 3.18. The number of anilines is 1. The summed E-state index contributed by atoms with van der Waals surface area (Å²) in [7, 11) is 4.74. The highest BCUT2D eigenvalue weighted by atomic mass is 16.5. The predicted molar refractivity (Wildman–Crippen MR) is 114 cm³/mol. The van der Waals surface area contributed by atoms with Gasteiger partial charge in [0.2, 0.25) is 23.6 Å². The lowest BCUT2D eigenvalue weighted by Crippen LogP contribution is -2.36. The van der Waals surface area contributed by atoms with Crippen molar-refractivity contribution in [3.63, 3.8) is 0 Å². The van der Waals surface area contributed by atoms with Crippen molar-refractivity contribution in [1.82, 2.24) is 15.3 Å². The highest BCUT2D eigenvalue weighted by molar-refractivity contribution is 5.78. The van der Waals surface area contributed by atoms with Crippen molar-refractivity contribution in [2.75, 3.05) is 59.1 Å². The van der Waals surface area contributed by atoms with E-state index in [0.29, 0.717) is 37.5 Å². The molecule has 0 saturated carbocycles. The minimum Gasteiger partial charge on any atom is -0.481 e. The zero-order valence-electron chi connectivity index (χ0n) is 18.0. The van der Waals surface area contributed by atoms with Crippen molar-refractivity contribution < 1.29 is 23.7 Å². The topological polar surface area (TPSA) is 95.0 Å². The summed E-state index contributed by atoms with van der Waals surface area (Å²) in [5.74, 6) is 1.83. The van der Waals surface area contributed by atoms with Crippen LogP contribution in [-0.2, 0) is 14.3 Å². The molecule has 1 fully saturated rings. The Bertz CT molecular complexity index is 902. The predicted octanol–water partition coefficient (Wildman–Crippen LogP) is 1.55. The summed E-state index contributed by atoms with van der Waals surface area (Å²) in [5.41, 5.74) is 2.43. The fourth-order valence-electron chi connectivity index (χ4n) is 4.47. The summed E-state index contributed by atoms with van der Waals surface area (Å²) in [4.78, 5) is 23.7. The highest BCUT2D eigenvalue weighted by Crippen LogP contribution is 2.49. The van der Waals surface area contributed by atoms with Gasteiger partial charge in [0.15, 0.2) is 0 Å². The summed E-state index contributed by atoms with van der Waals surface area (Å²) in [6, 6.07) is 9.87. The number of nitrogens with zero attached hydrogens (tertiary/aromatic N) is 3. The van der Waals surface area contributed by atoms with E-state index in [1.165, 1.54) is 11.1 Å². The number of amides is 1. The maximum Gasteiger partial charge on any atom is 0.246 e. The molecule has 1 N–H and O–H groups in total. The van der Waals surface area contributed by atoms with Gasteiger partial charge in [-0.2, -0.15) is 9.97 Å². The normalized spacial score (nSPS) is 21.5. The van der Waals surface area contributed by atoms with Gasteiger partial charge in [0, 0.05) is 32.0 Å². The van der Waals surface area contributed by atoms with E-state index in [1.807, 2.05) is 12.1 Å². The van der Waals surface area contributed by atoms with Gasteiger partial charge in [-0.3, -0.25) is 4.79 Å². The Morgan fingerprint density at radius 1 is 1.06 bits per heavy atom. The first-order valence-corrected chi connectivity index (χ1v) is 10.3. The van der Waals surface area contributed by atoms with Gasteiger partial charge in [0.1, 0.15) is 6.61 Å². The largest absolute Gasteiger partial charge is 0.481 e. The minimum atomic E-state index is -0.130. The molecule has 31 heavy (non-hydrogen) atoms. The Morgan fingerprint density at radius 2 is 1.77 bits per heavy atom. The maximum atomic E-state index is 12.5. The number of rotatable bonds is 9. The second kappa shape index (κ2) is 9.49. The van der Waals surface area contributed by atoms with E-state index < -0.39 is 0 Å². The van der Waals surface area contributed by atoms with Crippen molar-refractivity contribution >= 4 is 11.9 Å². The fourth-order valence-corrected chi connectivity index (χ4v) is 4.47. The van der Waals surface area contributed by atoms with Crippen LogP contribution in [0.4, 0.5) is 5.95 Å². The van der Waals surface area contributed by atoms with Gasteiger partial charge < -0.3 is 29.2 Å². The monoisotopic (exact) mass is 428 g/mol. The van der Waals surface area contributed by atoms with E-state index in [-0.39, 0.29) is 30.4 Å². The van der Waals surface area contributed by atoms with E-state index in [0.717, 1.165) is 6.54 Å². The van der Waals surface area contributed by atoms with Crippen LogP contribution in [-0.4, -0.2) is 70.1 Å². The first kappa shape index (κ1) is 21.3. The number of ether oxygens (including phenoxy) is 4. The first-order valence-electron chi connectivity index (χ1n) is 10.3. The molecule has 1 aliphatic carbocycles. The third-order valence-electron chi connectivity index (χ3n) is 5.87. The average Bonchev–Trinajstić information content (AvgIpc) is 3.35. The van der Waals surface area contributed by atoms with Crippen molar-refractivity contribution in [2.24, 2.45) is 5.92 Å². The fraction of sp³-hybridized carbons (Fsp3) is 0.500. The molecule has 166 valence electrons. The molecule has 1 amide bonds. The summed E-state index contributed by atoms with van der Waals surface area (Å²) in [6.07, 6.45) is 0. The molecule has 1 saturated heterocycles. The number of fused-ring (bicyclic) bond motifs is 3. The van der Waals surface area contributed by atoms with Gasteiger partial charge in [0.25, 0.3) is 0 Å². The summed E-state index contributed by atoms with van der Waals surface area (Å²) in [6.45, 7) is 2.34. The van der Waals surface area contributed by atoms with Gasteiger partial charge in [0.05, 0.1) is 39.5 Å². The number of nitrogens with one attached hydrogen (secondary N) is 1. The molecule has 1 aromatic heterocycles. The quantitative estimate of drug-likeness (QED) is 0.601. The van der Waals surface area contributed by atoms with Crippen molar-refractivity contribution in [2.45, 2.75) is 12.0 Å². The number of aromatic nitrogens is 2. The number of carbonyl (C=O) groups excluding carboxylic acids is 1. The van der Waals surface area contributed by atoms with E-state index in [2.05, 4.69) is 32.3 Å². The molecule has 0 radical (unpaired) electrons. The van der Waals surface area contributed by atoms with Crippen LogP contribution in [0.3, 0.4) is 0 Å². The molecule has 4 rings (SSSR count). The van der Waals surface area contributed by atoms with Crippen molar-refractivity contribution in [3.05, 3.63) is 41.5 Å². The molecule has 3 atom stereocenters. The van der Waals surface area contributed by atoms with Gasteiger partial charge in [-0.25, -0.2) is 0 Å². The number of hydrogen-bond donors (Lipinski definition) is 1. The van der Waals surface area contributed by atoms with E-state index in [4.69, 9.17) is 18.9 Å². The van der Waals surface area contributed by atoms with Crippen molar-refractivity contribution in [1.29, 1.82) is 0 Å². The molecule has 1 aromatic carbocycles. The van der Waals surface area contributed by atoms with Crippen molar-refractivity contribution in [3.8, 4) is 11.8 Å². The number of carbonyl (C=O) groups is 1. The highest BCUT2D eigenvalue weighted by Gasteiger charge is 2.47. The van der Waals surface area contributed by atoms with Crippen LogP contribution >= 0.6 is 0 Å². The van der Waals surface area contributed by atoms with Crippen LogP contribution < -0.4 is 19.7 Å². The van der Waals surface area contributed by atoms with E-state index in [9.17, 15) is 4.79 Å². The zero-order valence-corrected chi connectivity index (χ0v) is 18.0. The molecule has 2 heterocycles. The SMILES string of the molecule is COCCOCC(=O)N[C@@H]1c2ccccc2[C@@H]2CN(c3nc(OC)cc(OC)n3)C[C@H]12. The molecular weight excluding hydrogens is 400 g/mol. The number of methoxy groups -OCH3 is 3. The second-order valence-electron chi connectivity index (χ2n) is 7.65. The second-order valence-corrected chi connectivity index (χ2v) is 7.65. The third-order valence-corrected chi connectivity index (χ3v) is 5.87. The summed E-state index contributed by atoms with van der Waals surface area (Å²) >= 11 is 0. The smallest absolute Gasteiger partial charge is 0.246 e. The van der Waals surface area contributed by atoms with E-state index >= 15 is 0 Å². The number of benzene rings is 1. The Hall–Kier alpha value is -2.91. The Labute approximate surface area is 181 Å². The molecule has 2 aromatic rings. The molecule has 1 aliphatic heterocycles. The maximum absolute atomic E-state index is 12.5. The Balaban J connectivity index is 1.52. The molecule has 0 bridgehead atoms. The lowest BCUT2D eigenvalue weighted by molar-refractivity contribution is -0.127. The van der Waals surface area contributed by atoms with Gasteiger partial charge in [-0.1, -0.05) is 24.3 Å². The number of hydrogen-bond acceptors (Lipinski definition) is 8. The van der Waals surface area contributed by atoms with Crippen LogP contribution in [0.25, 0.3) is 0 Å². The Morgan fingerprint density at radius 3 is 2.45 bits per heavy atom. The van der Waals surface area contributed by atoms with E-state index in [1.54, 1.807) is 27.4 Å². The lowest BCUT2D eigenvalue weighted by atomic mass is 9.94. The summed E-state index contributed by atoms with van der Waals surface area (Å²) < 4.78 is 20.9. The standard InChI is InChI=1S/C22H28N4O5/c1-28-8-9-31-13-18(27)23-21-15-7-5-4-6-14(15)16-11-26(12-17(16)21)22-24-19(29-2)10-20(25-22)30-3/h4-7,10,16-17,21H,8-9,11-13H2,1-3H3,(H,23,27)/t16-,17-,21+/m0/s1. The first-order chi connectivity index (χ1) is 15.1. The Kier molecular flexibility index (Phi) is 6.53. The van der Waals surface area contributed by atoms with Gasteiger partial charge in [-0.05, 0) is 11.1 Å². The molecule has 2 aliphatic rings. The zero-order chi connectivity index (χ0) is 21.8. The lowest BCUT2D eigenvalue weighted by Gasteiger charge is -2.23. The third kappa shape index (κ3) is 4.42.